The smallest absolute Gasteiger partial charge is 0.236 e. The van der Waals surface area contributed by atoms with Gasteiger partial charge in [-0.2, -0.15) is 0 Å². The van der Waals surface area contributed by atoms with Gasteiger partial charge in [0.2, 0.25) is 5.91 Å². The highest BCUT2D eigenvalue weighted by molar-refractivity contribution is 5.78. The summed E-state index contributed by atoms with van der Waals surface area (Å²) >= 11 is 0. The summed E-state index contributed by atoms with van der Waals surface area (Å²) in [7, 11) is 0. The minimum atomic E-state index is 0.324. The molecule has 2 aliphatic heterocycles. The number of likely N-dealkylation sites (tertiary alicyclic amines) is 1. The highest BCUT2D eigenvalue weighted by Gasteiger charge is 2.29. The van der Waals surface area contributed by atoms with Crippen molar-refractivity contribution in [1.82, 2.24) is 15.1 Å². The van der Waals surface area contributed by atoms with Crippen LogP contribution in [0.3, 0.4) is 0 Å². The molecular formula is C19H37N3O. The van der Waals surface area contributed by atoms with Gasteiger partial charge in [-0.15, -0.1) is 0 Å². The van der Waals surface area contributed by atoms with Gasteiger partial charge in [-0.05, 0) is 63.1 Å². The second kappa shape index (κ2) is 9.03. The Kier molecular flexibility index (Phi) is 7.35. The second-order valence-corrected chi connectivity index (χ2v) is 8.40. The van der Waals surface area contributed by atoms with Gasteiger partial charge in [-0.1, -0.05) is 27.7 Å². The molecule has 23 heavy (non-hydrogen) atoms. The average molecular weight is 324 g/mol. The van der Waals surface area contributed by atoms with E-state index in [1.165, 1.54) is 32.2 Å². The van der Waals surface area contributed by atoms with Gasteiger partial charge in [0.05, 0.1) is 6.54 Å². The van der Waals surface area contributed by atoms with Crippen LogP contribution in [0.15, 0.2) is 0 Å². The fourth-order valence-corrected chi connectivity index (χ4v) is 4.08. The maximum atomic E-state index is 12.7. The van der Waals surface area contributed by atoms with Crippen molar-refractivity contribution < 1.29 is 4.79 Å². The highest BCUT2D eigenvalue weighted by atomic mass is 16.2. The molecule has 0 aromatic rings. The number of amides is 1. The van der Waals surface area contributed by atoms with Gasteiger partial charge >= 0.3 is 0 Å². The molecule has 0 radical (unpaired) electrons. The van der Waals surface area contributed by atoms with Crippen molar-refractivity contribution in [3.63, 3.8) is 0 Å². The Labute approximate surface area is 143 Å². The quantitative estimate of drug-likeness (QED) is 0.782. The Morgan fingerprint density at radius 2 is 1.70 bits per heavy atom. The number of carbonyl (C=O) groups excluding carboxylic acids is 1. The predicted molar refractivity (Wildman–Crippen MR) is 96.4 cm³/mol. The Morgan fingerprint density at radius 3 is 2.17 bits per heavy atom. The van der Waals surface area contributed by atoms with E-state index < -0.39 is 0 Å². The van der Waals surface area contributed by atoms with Crippen molar-refractivity contribution in [2.24, 2.45) is 17.8 Å². The minimum absolute atomic E-state index is 0.324. The summed E-state index contributed by atoms with van der Waals surface area (Å²) in [6.45, 7) is 14.5. The van der Waals surface area contributed by atoms with E-state index in [0.29, 0.717) is 24.3 Å². The molecule has 2 fully saturated rings. The lowest BCUT2D eigenvalue weighted by atomic mass is 9.88. The first-order valence-corrected chi connectivity index (χ1v) is 9.69. The standard InChI is InChI=1S/C19H37N3O/c1-15(2)12-22(13-16(3)4)19(23)14-21-10-7-17(8-11-21)18-6-5-9-20-18/h15-18,20H,5-14H2,1-4H3. The van der Waals surface area contributed by atoms with Crippen molar-refractivity contribution in [3.8, 4) is 0 Å². The van der Waals surface area contributed by atoms with Crippen LogP contribution < -0.4 is 5.32 Å². The first kappa shape index (κ1) is 18.7. The third-order valence-electron chi connectivity index (χ3n) is 5.18. The summed E-state index contributed by atoms with van der Waals surface area (Å²) in [6, 6.07) is 0.742. The molecule has 0 saturated carbocycles. The van der Waals surface area contributed by atoms with Crippen molar-refractivity contribution >= 4 is 5.91 Å². The van der Waals surface area contributed by atoms with Crippen molar-refractivity contribution in [3.05, 3.63) is 0 Å². The maximum absolute atomic E-state index is 12.7. The topological polar surface area (TPSA) is 35.6 Å². The zero-order chi connectivity index (χ0) is 16.8. The molecule has 134 valence electrons. The summed E-state index contributed by atoms with van der Waals surface area (Å²) in [6.07, 6.45) is 5.18. The molecule has 1 amide bonds. The third kappa shape index (κ3) is 6.07. The van der Waals surface area contributed by atoms with Gasteiger partial charge in [0, 0.05) is 19.1 Å². The van der Waals surface area contributed by atoms with E-state index in [2.05, 4.69) is 42.8 Å². The molecule has 1 unspecified atom stereocenters. The summed E-state index contributed by atoms with van der Waals surface area (Å²) in [5, 5.41) is 3.65. The number of hydrogen-bond acceptors (Lipinski definition) is 3. The summed E-state index contributed by atoms with van der Waals surface area (Å²) in [4.78, 5) is 17.2. The molecule has 0 spiro atoms. The van der Waals surface area contributed by atoms with Crippen LogP contribution in [0.5, 0.6) is 0 Å². The molecule has 0 aliphatic carbocycles. The highest BCUT2D eigenvalue weighted by Crippen LogP contribution is 2.25. The molecule has 4 nitrogen and oxygen atoms in total. The van der Waals surface area contributed by atoms with E-state index in [1.54, 1.807) is 0 Å². The third-order valence-corrected chi connectivity index (χ3v) is 5.18. The van der Waals surface area contributed by atoms with Crippen molar-refractivity contribution in [2.75, 3.05) is 39.3 Å². The van der Waals surface area contributed by atoms with Crippen LogP contribution in [0.25, 0.3) is 0 Å². The van der Waals surface area contributed by atoms with Gasteiger partial charge in [0.25, 0.3) is 0 Å². The van der Waals surface area contributed by atoms with Gasteiger partial charge < -0.3 is 10.2 Å². The lowest BCUT2D eigenvalue weighted by Crippen LogP contribution is -2.47. The number of rotatable bonds is 7. The lowest BCUT2D eigenvalue weighted by molar-refractivity contribution is -0.133. The van der Waals surface area contributed by atoms with E-state index >= 15 is 0 Å². The largest absolute Gasteiger partial charge is 0.341 e. The molecule has 2 rings (SSSR count). The van der Waals surface area contributed by atoms with Gasteiger partial charge in [0.1, 0.15) is 0 Å². The maximum Gasteiger partial charge on any atom is 0.236 e. The Hall–Kier alpha value is -0.610. The van der Waals surface area contributed by atoms with Crippen LogP contribution in [0.1, 0.15) is 53.4 Å². The number of nitrogens with zero attached hydrogens (tertiary/aromatic N) is 2. The van der Waals surface area contributed by atoms with Crippen LogP contribution in [0.4, 0.5) is 0 Å². The molecule has 2 saturated heterocycles. The summed E-state index contributed by atoms with van der Waals surface area (Å²) in [5.74, 6) is 2.23. The van der Waals surface area contributed by atoms with E-state index in [9.17, 15) is 4.79 Å². The predicted octanol–water partition coefficient (Wildman–Crippen LogP) is 2.59. The monoisotopic (exact) mass is 323 g/mol. The van der Waals surface area contributed by atoms with Crippen LogP contribution in [-0.2, 0) is 4.79 Å². The molecule has 0 aromatic heterocycles. The van der Waals surface area contributed by atoms with Crippen LogP contribution in [0, 0.1) is 17.8 Å². The Balaban J connectivity index is 1.77. The van der Waals surface area contributed by atoms with Crippen LogP contribution in [0.2, 0.25) is 0 Å². The minimum Gasteiger partial charge on any atom is -0.341 e. The molecule has 4 heteroatoms. The van der Waals surface area contributed by atoms with Gasteiger partial charge in [0.15, 0.2) is 0 Å². The molecular weight excluding hydrogens is 286 g/mol. The average Bonchev–Trinajstić information content (AvgIpc) is 3.00. The Bertz CT molecular complexity index is 346. The molecule has 0 aromatic carbocycles. The zero-order valence-electron chi connectivity index (χ0n) is 15.7. The first-order valence-electron chi connectivity index (χ1n) is 9.69. The summed E-state index contributed by atoms with van der Waals surface area (Å²) < 4.78 is 0. The van der Waals surface area contributed by atoms with E-state index in [4.69, 9.17) is 0 Å². The number of piperidine rings is 1. The molecule has 2 heterocycles. The van der Waals surface area contributed by atoms with Crippen molar-refractivity contribution in [2.45, 2.75) is 59.4 Å². The summed E-state index contributed by atoms with van der Waals surface area (Å²) in [5.41, 5.74) is 0. The zero-order valence-corrected chi connectivity index (χ0v) is 15.7. The fraction of sp³-hybridized carbons (Fsp3) is 0.947. The second-order valence-electron chi connectivity index (χ2n) is 8.40. The van der Waals surface area contributed by atoms with Crippen molar-refractivity contribution in [1.29, 1.82) is 0 Å². The number of hydrogen-bond donors (Lipinski definition) is 1. The van der Waals surface area contributed by atoms with Gasteiger partial charge in [-0.3, -0.25) is 9.69 Å². The van der Waals surface area contributed by atoms with Crippen LogP contribution >= 0.6 is 0 Å². The molecule has 1 N–H and O–H groups in total. The lowest BCUT2D eigenvalue weighted by Gasteiger charge is -2.36. The van der Waals surface area contributed by atoms with Crippen LogP contribution in [-0.4, -0.2) is 61.0 Å². The van der Waals surface area contributed by atoms with E-state index in [0.717, 1.165) is 38.1 Å². The van der Waals surface area contributed by atoms with E-state index in [-0.39, 0.29) is 0 Å². The molecule has 2 aliphatic rings. The van der Waals surface area contributed by atoms with E-state index in [1.807, 2.05) is 0 Å². The fourth-order valence-electron chi connectivity index (χ4n) is 4.08. The molecule has 0 bridgehead atoms. The first-order chi connectivity index (χ1) is 11.0. The molecule has 1 atom stereocenters. The normalized spacial score (nSPS) is 23.8. The Morgan fingerprint density at radius 1 is 1.09 bits per heavy atom. The van der Waals surface area contributed by atoms with Gasteiger partial charge in [-0.25, -0.2) is 0 Å². The number of nitrogens with one attached hydrogen (secondary N) is 1. The SMILES string of the molecule is CC(C)CN(CC(C)C)C(=O)CN1CCC(C2CCCN2)CC1. The number of carbonyl (C=O) groups is 1.